The maximum Gasteiger partial charge on any atom is 0.407 e. The maximum atomic E-state index is 11.4. The van der Waals surface area contributed by atoms with Crippen LogP contribution in [0.5, 0.6) is 0 Å². The lowest BCUT2D eigenvalue weighted by Crippen LogP contribution is -2.38. The van der Waals surface area contributed by atoms with Gasteiger partial charge >= 0.3 is 6.09 Å². The van der Waals surface area contributed by atoms with Gasteiger partial charge < -0.3 is 14.8 Å². The summed E-state index contributed by atoms with van der Waals surface area (Å²) in [5.74, 6) is 0. The van der Waals surface area contributed by atoms with Gasteiger partial charge in [-0.2, -0.15) is 0 Å². The molecule has 0 unspecified atom stereocenters. The number of ether oxygens (including phenoxy) is 2. The summed E-state index contributed by atoms with van der Waals surface area (Å²) in [5.41, 5.74) is -0.427. The minimum Gasteiger partial charge on any atom is -0.444 e. The monoisotopic (exact) mass is 215 g/mol. The van der Waals surface area contributed by atoms with Crippen LogP contribution in [0.15, 0.2) is 0 Å². The minimum atomic E-state index is -0.427. The van der Waals surface area contributed by atoms with Crippen LogP contribution in [0.1, 0.15) is 40.0 Å². The van der Waals surface area contributed by atoms with Crippen LogP contribution < -0.4 is 5.32 Å². The Hall–Kier alpha value is -0.770. The highest BCUT2D eigenvalue weighted by molar-refractivity contribution is 5.68. The van der Waals surface area contributed by atoms with Gasteiger partial charge in [-0.25, -0.2) is 4.79 Å². The van der Waals surface area contributed by atoms with Crippen LogP contribution in [0.4, 0.5) is 4.79 Å². The molecule has 0 aromatic rings. The van der Waals surface area contributed by atoms with Crippen LogP contribution in [0.3, 0.4) is 0 Å². The summed E-state index contributed by atoms with van der Waals surface area (Å²) in [7, 11) is 1.71. The van der Waals surface area contributed by atoms with Gasteiger partial charge in [-0.3, -0.25) is 0 Å². The lowest BCUT2D eigenvalue weighted by atomic mass is 10.2. The molecule has 0 bridgehead atoms. The minimum absolute atomic E-state index is 0.199. The zero-order valence-electron chi connectivity index (χ0n) is 10.0. The average molecular weight is 215 g/mol. The van der Waals surface area contributed by atoms with E-state index in [1.165, 1.54) is 0 Å². The average Bonchev–Trinajstić information content (AvgIpc) is 2.48. The van der Waals surface area contributed by atoms with Gasteiger partial charge in [-0.1, -0.05) is 0 Å². The smallest absolute Gasteiger partial charge is 0.407 e. The zero-order valence-corrected chi connectivity index (χ0v) is 10.0. The van der Waals surface area contributed by atoms with Crippen molar-refractivity contribution in [3.8, 4) is 0 Å². The van der Waals surface area contributed by atoms with Gasteiger partial charge in [0.15, 0.2) is 0 Å². The largest absolute Gasteiger partial charge is 0.444 e. The van der Waals surface area contributed by atoms with Gasteiger partial charge in [0.2, 0.25) is 0 Å². The number of alkyl carbamates (subject to hydrolysis) is 1. The summed E-state index contributed by atoms with van der Waals surface area (Å²) in [5, 5.41) is 2.86. The van der Waals surface area contributed by atoms with Crippen LogP contribution in [0.2, 0.25) is 0 Å². The number of hydrogen-bond acceptors (Lipinski definition) is 3. The van der Waals surface area contributed by atoms with E-state index in [1.807, 2.05) is 20.8 Å². The lowest BCUT2D eigenvalue weighted by Gasteiger charge is -2.21. The number of methoxy groups -OCH3 is 1. The molecule has 88 valence electrons. The van der Waals surface area contributed by atoms with Gasteiger partial charge in [-0.15, -0.1) is 0 Å². The van der Waals surface area contributed by atoms with Gasteiger partial charge in [0.1, 0.15) is 5.60 Å². The summed E-state index contributed by atoms with van der Waals surface area (Å²) < 4.78 is 10.4. The standard InChI is InChI=1S/C11H21NO3/c1-11(2,3)15-10(13)12-8-5-6-9(7-8)14-4/h8-9H,5-7H2,1-4H3,(H,12,13)/t8-,9-/m0/s1. The number of nitrogens with one attached hydrogen (secondary N) is 1. The lowest BCUT2D eigenvalue weighted by molar-refractivity contribution is 0.0497. The van der Waals surface area contributed by atoms with Crippen LogP contribution in [-0.4, -0.2) is 30.9 Å². The summed E-state index contributed by atoms with van der Waals surface area (Å²) in [6.07, 6.45) is 2.82. The SMILES string of the molecule is CO[C@H]1CC[C@H](NC(=O)OC(C)(C)C)C1. The molecule has 1 saturated carbocycles. The molecular weight excluding hydrogens is 194 g/mol. The molecule has 15 heavy (non-hydrogen) atoms. The number of carbonyl (C=O) groups is 1. The third-order valence-corrected chi connectivity index (χ3v) is 2.44. The fraction of sp³-hybridized carbons (Fsp3) is 0.909. The van der Waals surface area contributed by atoms with Gasteiger partial charge in [-0.05, 0) is 40.0 Å². The molecule has 0 aromatic heterocycles. The molecule has 1 N–H and O–H groups in total. The van der Waals surface area contributed by atoms with Crippen LogP contribution in [-0.2, 0) is 9.47 Å². The predicted octanol–water partition coefficient (Wildman–Crippen LogP) is 2.08. The van der Waals surface area contributed by atoms with Gasteiger partial charge in [0, 0.05) is 13.2 Å². The first-order valence-electron chi connectivity index (χ1n) is 5.43. The molecule has 0 aliphatic heterocycles. The van der Waals surface area contributed by atoms with Gasteiger partial charge in [0.25, 0.3) is 0 Å². The molecule has 1 aliphatic carbocycles. The molecule has 0 heterocycles. The van der Waals surface area contributed by atoms with E-state index in [9.17, 15) is 4.79 Å². The maximum absolute atomic E-state index is 11.4. The second kappa shape index (κ2) is 4.84. The molecule has 4 nitrogen and oxygen atoms in total. The van der Waals surface area contributed by atoms with Crippen molar-refractivity contribution in [1.82, 2.24) is 5.32 Å². The molecular formula is C11H21NO3. The van der Waals surface area contributed by atoms with Crippen molar-refractivity contribution in [3.63, 3.8) is 0 Å². The Morgan fingerprint density at radius 1 is 1.33 bits per heavy atom. The highest BCUT2D eigenvalue weighted by Crippen LogP contribution is 2.21. The zero-order chi connectivity index (χ0) is 11.5. The third kappa shape index (κ3) is 4.51. The van der Waals surface area contributed by atoms with E-state index in [0.717, 1.165) is 19.3 Å². The highest BCUT2D eigenvalue weighted by Gasteiger charge is 2.27. The first-order chi connectivity index (χ1) is 6.90. The molecule has 0 saturated heterocycles. The molecule has 1 fully saturated rings. The Morgan fingerprint density at radius 2 is 2.00 bits per heavy atom. The normalized spacial score (nSPS) is 26.4. The summed E-state index contributed by atoms with van der Waals surface area (Å²) in [4.78, 5) is 11.4. The predicted molar refractivity (Wildman–Crippen MR) is 57.8 cm³/mol. The third-order valence-electron chi connectivity index (χ3n) is 2.44. The Labute approximate surface area is 91.3 Å². The quantitative estimate of drug-likeness (QED) is 0.767. The first-order valence-corrected chi connectivity index (χ1v) is 5.43. The number of hydrogen-bond donors (Lipinski definition) is 1. The molecule has 0 radical (unpaired) electrons. The summed E-state index contributed by atoms with van der Waals surface area (Å²) in [6.45, 7) is 5.58. The molecule has 2 atom stereocenters. The summed E-state index contributed by atoms with van der Waals surface area (Å²) in [6, 6.07) is 0.199. The number of carbonyl (C=O) groups excluding carboxylic acids is 1. The second-order valence-electron chi connectivity index (χ2n) is 5.01. The fourth-order valence-corrected chi connectivity index (χ4v) is 1.76. The van der Waals surface area contributed by atoms with E-state index < -0.39 is 5.60 Å². The van der Waals surface area contributed by atoms with E-state index in [1.54, 1.807) is 7.11 Å². The van der Waals surface area contributed by atoms with E-state index in [4.69, 9.17) is 9.47 Å². The Kier molecular flexibility index (Phi) is 3.97. The number of amides is 1. The molecule has 0 aromatic carbocycles. The van der Waals surface area contributed by atoms with Crippen molar-refractivity contribution >= 4 is 6.09 Å². The van der Waals surface area contributed by atoms with Crippen molar-refractivity contribution in [1.29, 1.82) is 0 Å². The van der Waals surface area contributed by atoms with E-state index in [-0.39, 0.29) is 18.2 Å². The van der Waals surface area contributed by atoms with Crippen LogP contribution in [0.25, 0.3) is 0 Å². The van der Waals surface area contributed by atoms with E-state index in [0.29, 0.717) is 0 Å². The summed E-state index contributed by atoms with van der Waals surface area (Å²) >= 11 is 0. The van der Waals surface area contributed by atoms with Crippen molar-refractivity contribution in [2.24, 2.45) is 0 Å². The van der Waals surface area contributed by atoms with E-state index >= 15 is 0 Å². The second-order valence-corrected chi connectivity index (χ2v) is 5.01. The Balaban J connectivity index is 2.28. The topological polar surface area (TPSA) is 47.6 Å². The van der Waals surface area contributed by atoms with Gasteiger partial charge in [0.05, 0.1) is 6.10 Å². The fourth-order valence-electron chi connectivity index (χ4n) is 1.76. The highest BCUT2D eigenvalue weighted by atomic mass is 16.6. The molecule has 1 amide bonds. The van der Waals surface area contributed by atoms with Crippen molar-refractivity contribution in [2.45, 2.75) is 57.8 Å². The Bertz CT molecular complexity index is 222. The van der Waals surface area contributed by atoms with Crippen LogP contribution in [0, 0.1) is 0 Å². The van der Waals surface area contributed by atoms with Crippen molar-refractivity contribution < 1.29 is 14.3 Å². The number of rotatable bonds is 2. The molecule has 0 spiro atoms. The van der Waals surface area contributed by atoms with E-state index in [2.05, 4.69) is 5.32 Å². The molecule has 4 heteroatoms. The molecule has 1 aliphatic rings. The molecule has 1 rings (SSSR count). The first kappa shape index (κ1) is 12.3. The van der Waals surface area contributed by atoms with Crippen molar-refractivity contribution in [2.75, 3.05) is 7.11 Å². The van der Waals surface area contributed by atoms with Crippen LogP contribution >= 0.6 is 0 Å². The van der Waals surface area contributed by atoms with Crippen molar-refractivity contribution in [3.05, 3.63) is 0 Å². The Morgan fingerprint density at radius 3 is 2.47 bits per heavy atom.